The number of hydrogen-bond acceptors (Lipinski definition) is 5. The zero-order valence-corrected chi connectivity index (χ0v) is 16.5. The maximum Gasteiger partial charge on any atom is 0.247 e. The summed E-state index contributed by atoms with van der Waals surface area (Å²) in [6.45, 7) is 2.56. The minimum absolute atomic E-state index is 0.211. The first kappa shape index (κ1) is 18.1. The number of hydrogen-bond donors (Lipinski definition) is 0. The molecule has 0 aliphatic rings. The van der Waals surface area contributed by atoms with Gasteiger partial charge in [-0.1, -0.05) is 18.2 Å². The van der Waals surface area contributed by atoms with E-state index in [1.807, 2.05) is 48.0 Å². The summed E-state index contributed by atoms with van der Waals surface area (Å²) < 4.78 is 33.6. The number of sulfonamides is 1. The molecular formula is C18H19NO3S3. The van der Waals surface area contributed by atoms with Crippen molar-refractivity contribution in [1.29, 1.82) is 0 Å². The zero-order valence-electron chi connectivity index (χ0n) is 14.0. The topological polar surface area (TPSA) is 46.6 Å². The first-order valence-corrected chi connectivity index (χ1v) is 10.9. The number of benzene rings is 1. The van der Waals surface area contributed by atoms with E-state index in [0.717, 1.165) is 15.3 Å². The molecule has 0 spiro atoms. The highest BCUT2D eigenvalue weighted by Crippen LogP contribution is 2.30. The maximum atomic E-state index is 13.4. The van der Waals surface area contributed by atoms with Crippen molar-refractivity contribution in [3.63, 3.8) is 0 Å². The van der Waals surface area contributed by atoms with Crippen molar-refractivity contribution in [3.05, 3.63) is 68.5 Å². The van der Waals surface area contributed by atoms with E-state index in [0.29, 0.717) is 18.8 Å². The van der Waals surface area contributed by atoms with Gasteiger partial charge in [0.2, 0.25) is 10.0 Å². The molecule has 0 fully saturated rings. The Morgan fingerprint density at radius 1 is 1.00 bits per heavy atom. The second-order valence-electron chi connectivity index (χ2n) is 5.59. The smallest absolute Gasteiger partial charge is 0.247 e. The van der Waals surface area contributed by atoms with Gasteiger partial charge in [-0.05, 0) is 47.5 Å². The summed E-state index contributed by atoms with van der Waals surface area (Å²) in [5, 5.41) is 3.91. The van der Waals surface area contributed by atoms with Crippen molar-refractivity contribution in [2.24, 2.45) is 0 Å². The standard InChI is InChI=1S/C18H19NO3S3/c1-14-7-8-17(22-2)18(11-14)25(20,21)19(12-15-5-3-9-23-15)13-16-6-4-10-24-16/h3-11H,12-13H2,1-2H3. The first-order chi connectivity index (χ1) is 12.0. The van der Waals surface area contributed by atoms with Gasteiger partial charge in [-0.3, -0.25) is 0 Å². The number of nitrogens with zero attached hydrogens (tertiary/aromatic N) is 1. The van der Waals surface area contributed by atoms with Gasteiger partial charge in [-0.15, -0.1) is 22.7 Å². The highest BCUT2D eigenvalue weighted by molar-refractivity contribution is 7.89. The fourth-order valence-electron chi connectivity index (χ4n) is 2.50. The molecule has 0 radical (unpaired) electrons. The lowest BCUT2D eigenvalue weighted by Gasteiger charge is -2.22. The Bertz CT molecular complexity index is 880. The number of aryl methyl sites for hydroxylation is 1. The van der Waals surface area contributed by atoms with Crippen LogP contribution in [0.15, 0.2) is 58.1 Å². The van der Waals surface area contributed by atoms with E-state index < -0.39 is 10.0 Å². The third kappa shape index (κ3) is 4.12. The summed E-state index contributed by atoms with van der Waals surface area (Å²) in [5.41, 5.74) is 0.881. The average molecular weight is 394 g/mol. The number of methoxy groups -OCH3 is 1. The predicted molar refractivity (Wildman–Crippen MR) is 103 cm³/mol. The molecule has 0 bridgehead atoms. The van der Waals surface area contributed by atoms with E-state index in [1.54, 1.807) is 34.8 Å². The average Bonchev–Trinajstić information content (AvgIpc) is 3.28. The molecule has 3 aromatic rings. The molecule has 0 saturated heterocycles. The third-order valence-corrected chi connectivity index (χ3v) is 7.30. The molecular weight excluding hydrogens is 374 g/mol. The largest absolute Gasteiger partial charge is 0.495 e. The highest BCUT2D eigenvalue weighted by atomic mass is 32.2. The van der Waals surface area contributed by atoms with Crippen LogP contribution in [0, 0.1) is 6.92 Å². The molecule has 0 aliphatic carbocycles. The van der Waals surface area contributed by atoms with Gasteiger partial charge in [0.1, 0.15) is 10.6 Å². The monoisotopic (exact) mass is 393 g/mol. The molecule has 132 valence electrons. The lowest BCUT2D eigenvalue weighted by Crippen LogP contribution is -2.30. The normalized spacial score (nSPS) is 11.8. The van der Waals surface area contributed by atoms with E-state index in [1.165, 1.54) is 11.4 Å². The summed E-state index contributed by atoms with van der Waals surface area (Å²) in [5.74, 6) is 0.368. The Kier molecular flexibility index (Phi) is 5.58. The lowest BCUT2D eigenvalue weighted by molar-refractivity contribution is 0.385. The molecule has 25 heavy (non-hydrogen) atoms. The van der Waals surface area contributed by atoms with Crippen LogP contribution in [-0.4, -0.2) is 19.8 Å². The van der Waals surface area contributed by atoms with Crippen LogP contribution in [0.25, 0.3) is 0 Å². The van der Waals surface area contributed by atoms with Gasteiger partial charge in [0.15, 0.2) is 0 Å². The number of thiophene rings is 2. The minimum Gasteiger partial charge on any atom is -0.495 e. The summed E-state index contributed by atoms with van der Waals surface area (Å²) in [4.78, 5) is 2.22. The Morgan fingerprint density at radius 3 is 2.08 bits per heavy atom. The van der Waals surface area contributed by atoms with Gasteiger partial charge >= 0.3 is 0 Å². The molecule has 4 nitrogen and oxygen atoms in total. The molecule has 0 atom stereocenters. The molecule has 0 unspecified atom stereocenters. The minimum atomic E-state index is -3.70. The highest BCUT2D eigenvalue weighted by Gasteiger charge is 2.28. The van der Waals surface area contributed by atoms with Gasteiger partial charge in [-0.2, -0.15) is 4.31 Å². The van der Waals surface area contributed by atoms with Crippen molar-refractivity contribution in [3.8, 4) is 5.75 Å². The van der Waals surface area contributed by atoms with Crippen LogP contribution in [0.3, 0.4) is 0 Å². The van der Waals surface area contributed by atoms with E-state index >= 15 is 0 Å². The Labute approximate surface area is 156 Å². The maximum absolute atomic E-state index is 13.4. The van der Waals surface area contributed by atoms with E-state index in [4.69, 9.17) is 4.74 Å². The van der Waals surface area contributed by atoms with Crippen LogP contribution < -0.4 is 4.74 Å². The SMILES string of the molecule is COc1ccc(C)cc1S(=O)(=O)N(Cc1cccs1)Cc1cccs1. The van der Waals surface area contributed by atoms with Crippen LogP contribution in [0.1, 0.15) is 15.3 Å². The third-order valence-electron chi connectivity index (χ3n) is 3.76. The molecule has 7 heteroatoms. The molecule has 1 aromatic carbocycles. The van der Waals surface area contributed by atoms with E-state index in [2.05, 4.69) is 0 Å². The molecule has 0 aliphatic heterocycles. The fourth-order valence-corrected chi connectivity index (χ4v) is 5.74. The van der Waals surface area contributed by atoms with Gasteiger partial charge in [0, 0.05) is 22.8 Å². The quantitative estimate of drug-likeness (QED) is 0.593. The van der Waals surface area contributed by atoms with Crippen molar-refractivity contribution in [2.75, 3.05) is 7.11 Å². The number of ether oxygens (including phenoxy) is 1. The zero-order chi connectivity index (χ0) is 17.9. The summed E-state index contributed by atoms with van der Waals surface area (Å²) in [7, 11) is -2.20. The second-order valence-corrected chi connectivity index (χ2v) is 9.56. The molecule has 0 amide bonds. The molecule has 3 rings (SSSR count). The first-order valence-electron chi connectivity index (χ1n) is 7.70. The fraction of sp³-hybridized carbons (Fsp3) is 0.222. The van der Waals surface area contributed by atoms with E-state index in [-0.39, 0.29) is 4.90 Å². The van der Waals surface area contributed by atoms with Crippen LogP contribution >= 0.6 is 22.7 Å². The Balaban J connectivity index is 2.02. The van der Waals surface area contributed by atoms with Gasteiger partial charge in [-0.25, -0.2) is 8.42 Å². The molecule has 2 aromatic heterocycles. The summed E-state index contributed by atoms with van der Waals surface area (Å²) in [6.07, 6.45) is 0. The Morgan fingerprint density at radius 2 is 1.60 bits per heavy atom. The van der Waals surface area contributed by atoms with Gasteiger partial charge in [0.05, 0.1) is 7.11 Å². The van der Waals surface area contributed by atoms with Gasteiger partial charge in [0.25, 0.3) is 0 Å². The van der Waals surface area contributed by atoms with Crippen molar-refractivity contribution >= 4 is 32.7 Å². The van der Waals surface area contributed by atoms with Crippen LogP contribution in [0.2, 0.25) is 0 Å². The molecule has 2 heterocycles. The van der Waals surface area contributed by atoms with Crippen molar-refractivity contribution in [2.45, 2.75) is 24.9 Å². The summed E-state index contributed by atoms with van der Waals surface area (Å²) >= 11 is 3.11. The summed E-state index contributed by atoms with van der Waals surface area (Å²) in [6, 6.07) is 13.0. The van der Waals surface area contributed by atoms with Crippen LogP contribution in [0.5, 0.6) is 5.75 Å². The van der Waals surface area contributed by atoms with Crippen LogP contribution in [-0.2, 0) is 23.1 Å². The van der Waals surface area contributed by atoms with E-state index in [9.17, 15) is 8.42 Å². The number of rotatable bonds is 7. The van der Waals surface area contributed by atoms with Gasteiger partial charge < -0.3 is 4.74 Å². The van der Waals surface area contributed by atoms with Crippen molar-refractivity contribution < 1.29 is 13.2 Å². The Hall–Kier alpha value is -1.67. The molecule has 0 saturated carbocycles. The molecule has 0 N–H and O–H groups in total. The van der Waals surface area contributed by atoms with Crippen LogP contribution in [0.4, 0.5) is 0 Å². The predicted octanol–water partition coefficient (Wildman–Crippen LogP) is 4.52. The second kappa shape index (κ2) is 7.70. The lowest BCUT2D eigenvalue weighted by atomic mass is 10.2. The van der Waals surface area contributed by atoms with Crippen molar-refractivity contribution in [1.82, 2.24) is 4.31 Å².